The normalized spacial score (nSPS) is 13.5. The third-order valence-corrected chi connectivity index (χ3v) is 1.70. The number of aliphatic hydroxyl groups excluding tert-OH is 1. The van der Waals surface area contributed by atoms with Gasteiger partial charge >= 0.3 is 5.97 Å². The van der Waals surface area contributed by atoms with E-state index in [1.165, 1.54) is 0 Å². The van der Waals surface area contributed by atoms with Crippen molar-refractivity contribution in [3.8, 4) is 0 Å². The predicted molar refractivity (Wildman–Crippen MR) is 41.4 cm³/mol. The summed E-state index contributed by atoms with van der Waals surface area (Å²) in [6.07, 6.45) is 0. The van der Waals surface area contributed by atoms with Crippen LogP contribution in [0.2, 0.25) is 0 Å². The van der Waals surface area contributed by atoms with Gasteiger partial charge in [-0.05, 0) is 13.5 Å². The van der Waals surface area contributed by atoms with Crippen LogP contribution in [-0.2, 0) is 4.79 Å². The minimum absolute atomic E-state index is 0.00542. The second-order valence-corrected chi connectivity index (χ2v) is 2.37. The zero-order valence-electron chi connectivity index (χ0n) is 6.95. The Morgan fingerprint density at radius 2 is 2.18 bits per heavy atom. The molecule has 2 N–H and O–H groups in total. The molecule has 11 heavy (non-hydrogen) atoms. The van der Waals surface area contributed by atoms with E-state index in [1.54, 1.807) is 11.8 Å². The molecule has 0 aromatic heterocycles. The lowest BCUT2D eigenvalue weighted by atomic mass is 10.3. The highest BCUT2D eigenvalue weighted by atomic mass is 16.4. The van der Waals surface area contributed by atoms with Crippen molar-refractivity contribution in [1.29, 1.82) is 0 Å². The fourth-order valence-corrected chi connectivity index (χ4v) is 0.910. The van der Waals surface area contributed by atoms with Crippen molar-refractivity contribution in [2.24, 2.45) is 0 Å². The molecule has 0 spiro atoms. The monoisotopic (exact) mass is 161 g/mol. The average molecular weight is 161 g/mol. The van der Waals surface area contributed by atoms with Gasteiger partial charge in [-0.3, -0.25) is 9.69 Å². The van der Waals surface area contributed by atoms with Gasteiger partial charge in [0, 0.05) is 6.54 Å². The second kappa shape index (κ2) is 5.09. The Bertz CT molecular complexity index is 127. The maximum absolute atomic E-state index is 10.5. The molecular weight excluding hydrogens is 146 g/mol. The summed E-state index contributed by atoms with van der Waals surface area (Å²) in [5.41, 5.74) is 0. The number of carbonyl (C=O) groups is 1. The zero-order chi connectivity index (χ0) is 8.85. The first kappa shape index (κ1) is 10.4. The Morgan fingerprint density at radius 3 is 2.45 bits per heavy atom. The Hall–Kier alpha value is -0.610. The van der Waals surface area contributed by atoms with Gasteiger partial charge in [0.15, 0.2) is 0 Å². The Balaban J connectivity index is 3.91. The molecule has 0 aliphatic carbocycles. The van der Waals surface area contributed by atoms with Gasteiger partial charge in [0.2, 0.25) is 0 Å². The molecule has 1 unspecified atom stereocenters. The number of hydrogen-bond acceptors (Lipinski definition) is 3. The van der Waals surface area contributed by atoms with E-state index >= 15 is 0 Å². The molecule has 0 aliphatic heterocycles. The van der Waals surface area contributed by atoms with Gasteiger partial charge in [0.05, 0.1) is 6.61 Å². The van der Waals surface area contributed by atoms with E-state index in [0.717, 1.165) is 0 Å². The van der Waals surface area contributed by atoms with Gasteiger partial charge < -0.3 is 10.2 Å². The van der Waals surface area contributed by atoms with Crippen LogP contribution in [-0.4, -0.2) is 46.8 Å². The first-order chi connectivity index (χ1) is 5.13. The number of carboxylic acid groups (broad SMARTS) is 1. The maximum atomic E-state index is 10.5. The molecule has 0 bridgehead atoms. The summed E-state index contributed by atoms with van der Waals surface area (Å²) < 4.78 is 0. The first-order valence-corrected chi connectivity index (χ1v) is 3.71. The minimum atomic E-state index is -0.847. The van der Waals surface area contributed by atoms with Gasteiger partial charge in [-0.2, -0.15) is 0 Å². The molecule has 0 aromatic carbocycles. The summed E-state index contributed by atoms with van der Waals surface area (Å²) in [6.45, 7) is 4.56. The van der Waals surface area contributed by atoms with Gasteiger partial charge in [-0.1, -0.05) is 6.92 Å². The van der Waals surface area contributed by atoms with E-state index in [2.05, 4.69) is 0 Å². The van der Waals surface area contributed by atoms with Crippen LogP contribution in [0.1, 0.15) is 13.8 Å². The Kier molecular flexibility index (Phi) is 4.81. The lowest BCUT2D eigenvalue weighted by Crippen LogP contribution is -2.40. The standard InChI is InChI=1S/C7H15NO3/c1-3-8(4-5-9)6(2)7(10)11/h6,9H,3-5H2,1-2H3,(H,10,11). The van der Waals surface area contributed by atoms with Crippen LogP contribution < -0.4 is 0 Å². The van der Waals surface area contributed by atoms with E-state index in [-0.39, 0.29) is 6.61 Å². The molecule has 0 heterocycles. The van der Waals surface area contributed by atoms with Crippen LogP contribution in [0.4, 0.5) is 0 Å². The van der Waals surface area contributed by atoms with E-state index in [9.17, 15) is 4.79 Å². The lowest BCUT2D eigenvalue weighted by Gasteiger charge is -2.23. The SMILES string of the molecule is CCN(CCO)C(C)C(=O)O. The van der Waals surface area contributed by atoms with Crippen molar-refractivity contribution in [1.82, 2.24) is 4.90 Å². The van der Waals surface area contributed by atoms with Crippen LogP contribution in [0.5, 0.6) is 0 Å². The highest BCUT2D eigenvalue weighted by molar-refractivity contribution is 5.72. The largest absolute Gasteiger partial charge is 0.480 e. The molecule has 0 radical (unpaired) electrons. The van der Waals surface area contributed by atoms with Crippen molar-refractivity contribution in [2.75, 3.05) is 19.7 Å². The first-order valence-electron chi connectivity index (χ1n) is 3.71. The number of rotatable bonds is 5. The summed E-state index contributed by atoms with van der Waals surface area (Å²) in [7, 11) is 0. The lowest BCUT2D eigenvalue weighted by molar-refractivity contribution is -0.142. The maximum Gasteiger partial charge on any atom is 0.320 e. The molecule has 0 aliphatic rings. The van der Waals surface area contributed by atoms with Crippen molar-refractivity contribution >= 4 is 5.97 Å². The topological polar surface area (TPSA) is 60.8 Å². The van der Waals surface area contributed by atoms with Crippen LogP contribution in [0.15, 0.2) is 0 Å². The highest BCUT2D eigenvalue weighted by Gasteiger charge is 2.17. The molecule has 4 nitrogen and oxygen atoms in total. The highest BCUT2D eigenvalue weighted by Crippen LogP contribution is 1.97. The smallest absolute Gasteiger partial charge is 0.320 e. The Labute approximate surface area is 66.4 Å². The average Bonchev–Trinajstić information content (AvgIpc) is 1.98. The minimum Gasteiger partial charge on any atom is -0.480 e. The molecule has 4 heteroatoms. The summed E-state index contributed by atoms with van der Waals surface area (Å²) in [6, 6.07) is -0.507. The van der Waals surface area contributed by atoms with Gasteiger partial charge in [0.25, 0.3) is 0 Å². The number of nitrogens with zero attached hydrogens (tertiary/aromatic N) is 1. The summed E-state index contributed by atoms with van der Waals surface area (Å²) in [4.78, 5) is 12.1. The number of carboxylic acids is 1. The van der Waals surface area contributed by atoms with E-state index in [0.29, 0.717) is 13.1 Å². The number of aliphatic carboxylic acids is 1. The summed E-state index contributed by atoms with van der Waals surface area (Å²) in [5.74, 6) is -0.847. The van der Waals surface area contributed by atoms with Crippen LogP contribution >= 0.6 is 0 Å². The summed E-state index contributed by atoms with van der Waals surface area (Å²) in [5, 5.41) is 17.2. The van der Waals surface area contributed by atoms with E-state index in [1.807, 2.05) is 6.92 Å². The third-order valence-electron chi connectivity index (χ3n) is 1.70. The molecule has 66 valence electrons. The van der Waals surface area contributed by atoms with E-state index < -0.39 is 12.0 Å². The fourth-order valence-electron chi connectivity index (χ4n) is 0.910. The molecule has 0 amide bonds. The van der Waals surface area contributed by atoms with Crippen LogP contribution in [0, 0.1) is 0 Å². The van der Waals surface area contributed by atoms with Gasteiger partial charge in [0.1, 0.15) is 6.04 Å². The van der Waals surface area contributed by atoms with Crippen molar-refractivity contribution in [3.63, 3.8) is 0 Å². The molecule has 0 saturated heterocycles. The predicted octanol–water partition coefficient (Wildman–Crippen LogP) is -0.226. The molecule has 0 saturated carbocycles. The molecule has 0 rings (SSSR count). The second-order valence-electron chi connectivity index (χ2n) is 2.37. The molecule has 0 fully saturated rings. The Morgan fingerprint density at radius 1 is 1.64 bits per heavy atom. The summed E-state index contributed by atoms with van der Waals surface area (Å²) >= 11 is 0. The van der Waals surface area contributed by atoms with Gasteiger partial charge in [-0.25, -0.2) is 0 Å². The molecule has 0 aromatic rings. The van der Waals surface area contributed by atoms with Crippen molar-refractivity contribution in [3.05, 3.63) is 0 Å². The number of aliphatic hydroxyl groups is 1. The van der Waals surface area contributed by atoms with Gasteiger partial charge in [-0.15, -0.1) is 0 Å². The number of hydrogen-bond donors (Lipinski definition) is 2. The molecular formula is C7H15NO3. The molecule has 1 atom stereocenters. The fraction of sp³-hybridized carbons (Fsp3) is 0.857. The third kappa shape index (κ3) is 3.34. The van der Waals surface area contributed by atoms with Crippen LogP contribution in [0.3, 0.4) is 0 Å². The zero-order valence-corrected chi connectivity index (χ0v) is 6.95. The van der Waals surface area contributed by atoms with Crippen molar-refractivity contribution < 1.29 is 15.0 Å². The van der Waals surface area contributed by atoms with E-state index in [4.69, 9.17) is 10.2 Å². The quantitative estimate of drug-likeness (QED) is 0.585. The number of likely N-dealkylation sites (N-methyl/N-ethyl adjacent to an activating group) is 1. The van der Waals surface area contributed by atoms with Crippen molar-refractivity contribution in [2.45, 2.75) is 19.9 Å². The van der Waals surface area contributed by atoms with Crippen LogP contribution in [0.25, 0.3) is 0 Å².